The van der Waals surface area contributed by atoms with Crippen molar-refractivity contribution in [1.82, 2.24) is 4.90 Å². The fraction of sp³-hybridized carbons (Fsp3) is 0.800. The van der Waals surface area contributed by atoms with Crippen molar-refractivity contribution in [1.29, 1.82) is 0 Å². The second-order valence-corrected chi connectivity index (χ2v) is 7.88. The number of hydrogen-bond acceptors (Lipinski definition) is 1. The van der Waals surface area contributed by atoms with Gasteiger partial charge in [0.05, 0.1) is 5.83 Å². The van der Waals surface area contributed by atoms with E-state index in [2.05, 4.69) is 32.7 Å². The predicted octanol–water partition coefficient (Wildman–Crippen LogP) is 5.73. The maximum atomic E-state index is 13.7. The van der Waals surface area contributed by atoms with Crippen molar-refractivity contribution in [2.24, 2.45) is 17.3 Å². The highest BCUT2D eigenvalue weighted by Gasteiger charge is 2.51. The summed E-state index contributed by atoms with van der Waals surface area (Å²) in [6.45, 7) is 10.9. The van der Waals surface area contributed by atoms with Gasteiger partial charge in [-0.15, -0.1) is 0 Å². The smallest absolute Gasteiger partial charge is 0.0971 e. The molecule has 0 amide bonds. The summed E-state index contributed by atoms with van der Waals surface area (Å²) >= 11 is 0. The summed E-state index contributed by atoms with van der Waals surface area (Å²) in [5.74, 6) is 1.31. The van der Waals surface area contributed by atoms with Gasteiger partial charge in [0.1, 0.15) is 0 Å². The molecule has 1 aliphatic carbocycles. The summed E-state index contributed by atoms with van der Waals surface area (Å²) in [4.78, 5) is 2.48. The minimum Gasteiger partial charge on any atom is -0.306 e. The molecule has 0 aromatic heterocycles. The third-order valence-electron chi connectivity index (χ3n) is 5.68. The molecule has 0 saturated carbocycles. The summed E-state index contributed by atoms with van der Waals surface area (Å²) in [5, 5.41) is 0. The van der Waals surface area contributed by atoms with Crippen LogP contribution in [0.25, 0.3) is 0 Å². The fourth-order valence-corrected chi connectivity index (χ4v) is 4.95. The van der Waals surface area contributed by atoms with E-state index in [-0.39, 0.29) is 11.2 Å². The molecule has 1 aliphatic heterocycles. The number of hydrogen-bond donors (Lipinski definition) is 0. The molecule has 0 N–H and O–H groups in total. The molecule has 2 aliphatic rings. The SMILES string of the molecule is CCC1=C(/C=C(\C)F)C2(CC(C)C)CCCCN(C)CCC12. The second-order valence-electron chi connectivity index (χ2n) is 7.88. The van der Waals surface area contributed by atoms with E-state index in [0.717, 1.165) is 6.42 Å². The Morgan fingerprint density at radius 3 is 2.68 bits per heavy atom. The molecule has 22 heavy (non-hydrogen) atoms. The fourth-order valence-electron chi connectivity index (χ4n) is 4.95. The van der Waals surface area contributed by atoms with Gasteiger partial charge >= 0.3 is 0 Å². The Morgan fingerprint density at radius 2 is 2.09 bits per heavy atom. The summed E-state index contributed by atoms with van der Waals surface area (Å²) in [7, 11) is 2.25. The highest BCUT2D eigenvalue weighted by Crippen LogP contribution is 2.61. The first-order valence-electron chi connectivity index (χ1n) is 9.16. The van der Waals surface area contributed by atoms with Gasteiger partial charge in [0.15, 0.2) is 0 Å². The molecule has 2 rings (SSSR count). The average molecular weight is 307 g/mol. The molecule has 1 heterocycles. The van der Waals surface area contributed by atoms with Crippen LogP contribution in [-0.2, 0) is 0 Å². The van der Waals surface area contributed by atoms with E-state index < -0.39 is 0 Å². The molecule has 2 atom stereocenters. The van der Waals surface area contributed by atoms with Gasteiger partial charge in [-0.3, -0.25) is 0 Å². The molecule has 0 radical (unpaired) electrons. The molecule has 1 saturated heterocycles. The van der Waals surface area contributed by atoms with Crippen molar-refractivity contribution in [3.05, 3.63) is 23.0 Å². The summed E-state index contributed by atoms with van der Waals surface area (Å²) in [6.07, 6.45) is 9.18. The molecule has 2 heteroatoms. The van der Waals surface area contributed by atoms with Crippen LogP contribution in [0.15, 0.2) is 23.0 Å². The normalized spacial score (nSPS) is 31.4. The van der Waals surface area contributed by atoms with Gasteiger partial charge in [-0.1, -0.05) is 32.8 Å². The largest absolute Gasteiger partial charge is 0.306 e. The van der Waals surface area contributed by atoms with Gasteiger partial charge in [0.2, 0.25) is 0 Å². The number of allylic oxidation sites excluding steroid dienone is 4. The van der Waals surface area contributed by atoms with Crippen LogP contribution >= 0.6 is 0 Å². The van der Waals surface area contributed by atoms with Crippen LogP contribution in [0.4, 0.5) is 4.39 Å². The molecule has 0 bridgehead atoms. The number of rotatable bonds is 4. The minimum absolute atomic E-state index is 0.0282. The molecule has 126 valence electrons. The maximum Gasteiger partial charge on any atom is 0.0971 e. The zero-order valence-corrected chi connectivity index (χ0v) is 15.2. The monoisotopic (exact) mass is 307 g/mol. The molecule has 1 nitrogen and oxygen atoms in total. The Kier molecular flexibility index (Phi) is 5.87. The van der Waals surface area contributed by atoms with Crippen molar-refractivity contribution in [2.45, 2.75) is 66.2 Å². The molecule has 1 fully saturated rings. The summed E-state index contributed by atoms with van der Waals surface area (Å²) in [5.41, 5.74) is 3.14. The maximum absolute atomic E-state index is 13.7. The summed E-state index contributed by atoms with van der Waals surface area (Å²) < 4.78 is 13.7. The minimum atomic E-state index is -0.0282. The first-order chi connectivity index (χ1) is 10.4. The van der Waals surface area contributed by atoms with Gasteiger partial charge in [0.25, 0.3) is 0 Å². The predicted molar refractivity (Wildman–Crippen MR) is 93.5 cm³/mol. The Morgan fingerprint density at radius 1 is 1.36 bits per heavy atom. The van der Waals surface area contributed by atoms with Crippen molar-refractivity contribution in [3.8, 4) is 0 Å². The molecular formula is C20H34FN. The molecular weight excluding hydrogens is 273 g/mol. The van der Waals surface area contributed by atoms with Crippen LogP contribution in [0.2, 0.25) is 0 Å². The highest BCUT2D eigenvalue weighted by molar-refractivity contribution is 5.46. The van der Waals surface area contributed by atoms with Crippen LogP contribution in [0, 0.1) is 17.3 Å². The van der Waals surface area contributed by atoms with Crippen LogP contribution in [0.5, 0.6) is 0 Å². The molecule has 0 aromatic carbocycles. The van der Waals surface area contributed by atoms with Crippen molar-refractivity contribution in [3.63, 3.8) is 0 Å². The topological polar surface area (TPSA) is 3.24 Å². The standard InChI is InChI=1S/C20H34FN/c1-6-17-18-9-12-22(5)11-8-7-10-20(18,14-15(2)3)19(17)13-16(4)21/h13,15,18H,6-12,14H2,1-5H3/b16-13+. The van der Waals surface area contributed by atoms with E-state index in [1.54, 1.807) is 6.92 Å². The zero-order valence-electron chi connectivity index (χ0n) is 15.2. The third kappa shape index (κ3) is 3.48. The first kappa shape index (κ1) is 17.7. The van der Waals surface area contributed by atoms with Crippen LogP contribution in [-0.4, -0.2) is 25.0 Å². The Balaban J connectivity index is 2.40. The molecule has 0 aromatic rings. The number of halogens is 1. The quantitative estimate of drug-likeness (QED) is 0.640. The second kappa shape index (κ2) is 7.29. The lowest BCUT2D eigenvalue weighted by Crippen LogP contribution is -2.45. The van der Waals surface area contributed by atoms with Crippen LogP contribution < -0.4 is 0 Å². The number of nitrogens with zero attached hydrogens (tertiary/aromatic N) is 1. The van der Waals surface area contributed by atoms with E-state index in [4.69, 9.17) is 0 Å². The van der Waals surface area contributed by atoms with Crippen LogP contribution in [0.1, 0.15) is 66.2 Å². The van der Waals surface area contributed by atoms with Crippen LogP contribution in [0.3, 0.4) is 0 Å². The van der Waals surface area contributed by atoms with Gasteiger partial charge in [-0.2, -0.15) is 0 Å². The lowest BCUT2D eigenvalue weighted by atomic mass is 9.50. The van der Waals surface area contributed by atoms with E-state index in [1.807, 2.05) is 6.08 Å². The van der Waals surface area contributed by atoms with Gasteiger partial charge in [-0.25, -0.2) is 4.39 Å². The zero-order chi connectivity index (χ0) is 16.3. The Labute approximate surface area is 136 Å². The van der Waals surface area contributed by atoms with Crippen molar-refractivity contribution >= 4 is 0 Å². The average Bonchev–Trinajstić information content (AvgIpc) is 2.49. The van der Waals surface area contributed by atoms with Gasteiger partial charge in [-0.05, 0) is 82.6 Å². The number of fused-ring (bicyclic) bond motifs is 1. The van der Waals surface area contributed by atoms with E-state index in [1.165, 1.54) is 56.3 Å². The van der Waals surface area contributed by atoms with Gasteiger partial charge in [0, 0.05) is 5.41 Å². The molecule has 2 unspecified atom stereocenters. The lowest BCUT2D eigenvalue weighted by molar-refractivity contribution is 0.124. The Bertz CT molecular complexity index is 445. The van der Waals surface area contributed by atoms with E-state index in [9.17, 15) is 4.39 Å². The van der Waals surface area contributed by atoms with E-state index in [0.29, 0.717) is 11.8 Å². The summed E-state index contributed by atoms with van der Waals surface area (Å²) in [6, 6.07) is 0. The Hall–Kier alpha value is -0.630. The molecule has 0 spiro atoms. The first-order valence-corrected chi connectivity index (χ1v) is 9.16. The third-order valence-corrected chi connectivity index (χ3v) is 5.68. The van der Waals surface area contributed by atoms with Crippen molar-refractivity contribution < 1.29 is 4.39 Å². The van der Waals surface area contributed by atoms with Crippen molar-refractivity contribution in [2.75, 3.05) is 20.1 Å². The highest BCUT2D eigenvalue weighted by atomic mass is 19.1. The van der Waals surface area contributed by atoms with E-state index >= 15 is 0 Å². The lowest BCUT2D eigenvalue weighted by Gasteiger charge is -2.54. The van der Waals surface area contributed by atoms with Gasteiger partial charge < -0.3 is 4.90 Å².